The summed E-state index contributed by atoms with van der Waals surface area (Å²) >= 11 is 0. The van der Waals surface area contributed by atoms with E-state index in [0.717, 1.165) is 55.8 Å². The Balaban J connectivity index is 1.49. The van der Waals surface area contributed by atoms with E-state index in [0.29, 0.717) is 26.2 Å². The van der Waals surface area contributed by atoms with Crippen molar-refractivity contribution >= 4 is 6.16 Å². The van der Waals surface area contributed by atoms with Crippen molar-refractivity contribution in [1.82, 2.24) is 4.90 Å². The third-order valence-corrected chi connectivity index (χ3v) is 12.8. The highest BCUT2D eigenvalue weighted by molar-refractivity contribution is 5.67. The molecule has 1 saturated heterocycles. The summed E-state index contributed by atoms with van der Waals surface area (Å²) in [6.45, 7) is 18.5. The Morgan fingerprint density at radius 1 is 1.04 bits per heavy atom. The Labute approximate surface area is 276 Å². The average Bonchev–Trinajstić information content (AvgIpc) is 3.83. The number of aromatic hydroxyl groups is 1. The lowest BCUT2D eigenvalue weighted by atomic mass is 9.35. The molecule has 6 atom stereocenters. The van der Waals surface area contributed by atoms with E-state index in [9.17, 15) is 15.0 Å². The highest BCUT2D eigenvalue weighted by Crippen LogP contribution is 2.73. The van der Waals surface area contributed by atoms with Crippen molar-refractivity contribution in [2.45, 2.75) is 116 Å². The summed E-state index contributed by atoms with van der Waals surface area (Å²) < 4.78 is 28.2. The van der Waals surface area contributed by atoms with Crippen LogP contribution in [0, 0.1) is 29.6 Å². The number of phenolic OH excluding ortho intramolecular Hbond substituents is 1. The van der Waals surface area contributed by atoms with Gasteiger partial charge in [-0.1, -0.05) is 26.8 Å². The Morgan fingerprint density at radius 2 is 1.74 bits per heavy atom. The van der Waals surface area contributed by atoms with Crippen LogP contribution in [0.1, 0.15) is 97.6 Å². The molecule has 46 heavy (non-hydrogen) atoms. The number of aryl methyl sites for hydroxylation is 1. The van der Waals surface area contributed by atoms with Crippen LogP contribution >= 0.6 is 0 Å². The second-order valence-electron chi connectivity index (χ2n) is 15.8. The maximum Gasteiger partial charge on any atom is 0.514 e. The lowest BCUT2D eigenvalue weighted by Gasteiger charge is -2.74. The minimum absolute atomic E-state index is 0.00469. The fourth-order valence-electron chi connectivity index (χ4n) is 9.51. The molecule has 0 aromatic heterocycles. The van der Waals surface area contributed by atoms with Crippen LogP contribution in [-0.2, 0) is 24.4 Å². The summed E-state index contributed by atoms with van der Waals surface area (Å²) in [7, 11) is 1.80. The summed E-state index contributed by atoms with van der Waals surface area (Å²) in [5.41, 5.74) is -0.720. The SMILES string of the molecule is CCOCCOCCOC(=O)Oc1ccc(C)c(C23CCN(CC4CC4)C(C)[C@]24CC[C@](OC)(C3)C(C(C)(O)C(C)(C)C)C4)c1O. The second-order valence-corrected chi connectivity index (χ2v) is 15.8. The monoisotopic (exact) mass is 645 g/mol. The molecule has 0 radical (unpaired) electrons. The first-order valence-corrected chi connectivity index (χ1v) is 17.5. The molecular weight excluding hydrogens is 586 g/mol. The fourth-order valence-corrected chi connectivity index (χ4v) is 9.51. The largest absolute Gasteiger partial charge is 0.514 e. The van der Waals surface area contributed by atoms with Gasteiger partial charge in [0.1, 0.15) is 6.61 Å². The number of ether oxygens (including phenoxy) is 5. The maximum absolute atomic E-state index is 12.7. The molecule has 9 nitrogen and oxygen atoms in total. The number of benzene rings is 1. The van der Waals surface area contributed by atoms with Crippen LogP contribution in [0.3, 0.4) is 0 Å². The van der Waals surface area contributed by atoms with Crippen molar-refractivity contribution in [2.75, 3.05) is 53.2 Å². The van der Waals surface area contributed by atoms with Crippen molar-refractivity contribution in [3.8, 4) is 11.5 Å². The highest BCUT2D eigenvalue weighted by Gasteiger charge is 2.73. The van der Waals surface area contributed by atoms with Gasteiger partial charge in [0, 0.05) is 43.2 Å². The van der Waals surface area contributed by atoms with Gasteiger partial charge in [-0.25, -0.2) is 4.79 Å². The molecule has 9 heteroatoms. The molecular formula is C37H59NO8. The first kappa shape index (κ1) is 35.4. The molecule has 1 aromatic carbocycles. The number of rotatable bonds is 13. The van der Waals surface area contributed by atoms with Crippen LogP contribution in [0.25, 0.3) is 0 Å². The molecule has 1 heterocycles. The Hall–Kier alpha value is -1.91. The number of hydrogen-bond donors (Lipinski definition) is 2. The molecule has 2 bridgehead atoms. The molecule has 0 amide bonds. The van der Waals surface area contributed by atoms with Gasteiger partial charge in [-0.15, -0.1) is 0 Å². The van der Waals surface area contributed by atoms with E-state index >= 15 is 0 Å². The van der Waals surface area contributed by atoms with Gasteiger partial charge in [-0.3, -0.25) is 4.90 Å². The van der Waals surface area contributed by atoms with E-state index in [4.69, 9.17) is 23.7 Å². The summed E-state index contributed by atoms with van der Waals surface area (Å²) in [6, 6.07) is 3.85. The number of carbonyl (C=O) groups is 1. The molecule has 1 aliphatic heterocycles. The quantitative estimate of drug-likeness (QED) is 0.144. The van der Waals surface area contributed by atoms with Crippen molar-refractivity contribution in [2.24, 2.45) is 22.7 Å². The number of phenols is 1. The van der Waals surface area contributed by atoms with E-state index in [1.165, 1.54) is 12.8 Å². The van der Waals surface area contributed by atoms with Crippen LogP contribution in [0.15, 0.2) is 12.1 Å². The topological polar surface area (TPSA) is 107 Å². The average molecular weight is 646 g/mol. The van der Waals surface area contributed by atoms with E-state index < -0.39 is 22.8 Å². The van der Waals surface area contributed by atoms with Gasteiger partial charge in [0.15, 0.2) is 11.5 Å². The number of nitrogens with zero attached hydrogens (tertiary/aromatic N) is 1. The number of piperidine rings is 1. The number of fused-ring (bicyclic) bond motifs is 2. The van der Waals surface area contributed by atoms with Crippen molar-refractivity contribution in [3.63, 3.8) is 0 Å². The van der Waals surface area contributed by atoms with Crippen LogP contribution in [0.4, 0.5) is 4.79 Å². The number of methoxy groups -OCH3 is 1. The molecule has 4 aliphatic carbocycles. The first-order chi connectivity index (χ1) is 21.7. The van der Waals surface area contributed by atoms with Crippen LogP contribution in [-0.4, -0.2) is 91.7 Å². The van der Waals surface area contributed by atoms with E-state index in [-0.39, 0.29) is 47.5 Å². The number of aliphatic hydroxyl groups is 1. The van der Waals surface area contributed by atoms with Gasteiger partial charge in [-0.2, -0.15) is 0 Å². The fraction of sp³-hybridized carbons (Fsp3) is 0.811. The second kappa shape index (κ2) is 13.2. The normalized spacial score (nSPS) is 32.5. The lowest BCUT2D eigenvalue weighted by molar-refractivity contribution is -0.278. The van der Waals surface area contributed by atoms with E-state index in [1.54, 1.807) is 13.2 Å². The molecule has 1 spiro atoms. The zero-order valence-corrected chi connectivity index (χ0v) is 29.6. The number of likely N-dealkylation sites (tertiary alicyclic amines) is 1. The molecule has 6 rings (SSSR count). The standard InChI is InChI=1S/C37H59NO8/c1-9-43-18-19-44-20-21-45-32(40)46-28-13-10-25(2)30(31(28)39)36-16-17-38(23-27-11-12-27)26(3)35(36)14-15-37(24-36,42-8)29(22-35)34(7,41)33(4,5)6/h10,13,26-27,29,39,41H,9,11-12,14-24H2,1-8H3/t26?,29?,34?,35-,36?,37+/m1/s1. The minimum atomic E-state index is -0.973. The molecule has 5 aliphatic rings. The van der Waals surface area contributed by atoms with E-state index in [2.05, 4.69) is 32.6 Å². The Morgan fingerprint density at radius 3 is 2.39 bits per heavy atom. The molecule has 260 valence electrons. The number of carbonyl (C=O) groups excluding carboxylic acids is 1. The predicted octanol–water partition coefficient (Wildman–Crippen LogP) is 6.38. The van der Waals surface area contributed by atoms with Crippen molar-refractivity contribution in [3.05, 3.63) is 23.3 Å². The molecule has 5 fully saturated rings. The zero-order valence-electron chi connectivity index (χ0n) is 29.6. The summed E-state index contributed by atoms with van der Waals surface area (Å²) in [5.74, 6) is 0.789. The van der Waals surface area contributed by atoms with E-state index in [1.807, 2.05) is 26.8 Å². The molecule has 2 N–H and O–H groups in total. The van der Waals surface area contributed by atoms with Gasteiger partial charge in [0.2, 0.25) is 0 Å². The van der Waals surface area contributed by atoms with Gasteiger partial charge in [0.05, 0.1) is 31.0 Å². The maximum atomic E-state index is 12.7. The lowest BCUT2D eigenvalue weighted by Crippen LogP contribution is -2.76. The third-order valence-electron chi connectivity index (χ3n) is 12.8. The predicted molar refractivity (Wildman–Crippen MR) is 176 cm³/mol. The molecule has 4 saturated carbocycles. The Bertz CT molecular complexity index is 1240. The van der Waals surface area contributed by atoms with Gasteiger partial charge in [0.25, 0.3) is 0 Å². The third kappa shape index (κ3) is 6.08. The van der Waals surface area contributed by atoms with Crippen LogP contribution in [0.2, 0.25) is 0 Å². The Kier molecular flexibility index (Phi) is 10.1. The smallest absolute Gasteiger partial charge is 0.504 e. The summed E-state index contributed by atoms with van der Waals surface area (Å²) in [5, 5.41) is 24.4. The van der Waals surface area contributed by atoms with Crippen molar-refractivity contribution < 1.29 is 38.7 Å². The van der Waals surface area contributed by atoms with Crippen molar-refractivity contribution in [1.29, 1.82) is 0 Å². The van der Waals surface area contributed by atoms with Gasteiger partial charge >= 0.3 is 6.16 Å². The molecule has 1 aromatic rings. The summed E-state index contributed by atoms with van der Waals surface area (Å²) in [6.07, 6.45) is 5.86. The van der Waals surface area contributed by atoms with Crippen LogP contribution in [0.5, 0.6) is 11.5 Å². The first-order valence-electron chi connectivity index (χ1n) is 17.5. The van der Waals surface area contributed by atoms with Crippen LogP contribution < -0.4 is 4.74 Å². The minimum Gasteiger partial charge on any atom is -0.504 e. The molecule has 4 unspecified atom stereocenters. The highest BCUT2D eigenvalue weighted by atomic mass is 16.7. The summed E-state index contributed by atoms with van der Waals surface area (Å²) in [4.78, 5) is 15.4. The van der Waals surface area contributed by atoms with Gasteiger partial charge in [-0.05, 0) is 108 Å². The van der Waals surface area contributed by atoms with Gasteiger partial charge < -0.3 is 33.9 Å². The zero-order chi connectivity index (χ0) is 33.5. The number of hydrogen-bond acceptors (Lipinski definition) is 9.